The van der Waals surface area contributed by atoms with Crippen LogP contribution in [0.2, 0.25) is 0 Å². The molecule has 0 radical (unpaired) electrons. The van der Waals surface area contributed by atoms with E-state index in [0.717, 1.165) is 22.9 Å². The average molecular weight is 552 g/mol. The van der Waals surface area contributed by atoms with Crippen molar-refractivity contribution in [1.29, 1.82) is 0 Å². The van der Waals surface area contributed by atoms with Crippen molar-refractivity contribution in [2.45, 2.75) is 6.18 Å². The summed E-state index contributed by atoms with van der Waals surface area (Å²) in [6.45, 7) is 0. The summed E-state index contributed by atoms with van der Waals surface area (Å²) in [5, 5.41) is 2.24. The normalized spacial score (nSPS) is 13.4. The maximum Gasteiger partial charge on any atom is 0.416 e. The molecule has 2 aromatic heterocycles. The lowest BCUT2D eigenvalue weighted by molar-refractivity contribution is -0.137. The molecule has 0 atom stereocenters. The highest BCUT2D eigenvalue weighted by Crippen LogP contribution is 2.36. The van der Waals surface area contributed by atoms with Crippen LogP contribution in [0, 0.1) is 0 Å². The van der Waals surface area contributed by atoms with E-state index in [1.165, 1.54) is 29.5 Å². The molecule has 0 spiro atoms. The van der Waals surface area contributed by atoms with Gasteiger partial charge in [0.25, 0.3) is 0 Å². The molecule has 0 bridgehead atoms. The first-order chi connectivity index (χ1) is 19.3. The molecule has 0 N–H and O–H groups in total. The smallest absolute Gasteiger partial charge is 0.288 e. The van der Waals surface area contributed by atoms with Gasteiger partial charge in [0, 0.05) is 22.4 Å². The zero-order valence-corrected chi connectivity index (χ0v) is 21.3. The standard InChI is InChI=1S/C31H16F3N3O2S/c32-31(33,34)20-12-10-17(11-13-20)29-36-28-30(40-29)35-25(37(28)21-8-2-1-3-9-21)16-24-26(38)22-14-18-6-4-5-7-19(18)15-23(22)27(24)39/h1-16H. The lowest BCUT2D eigenvalue weighted by Crippen LogP contribution is -2.04. The molecule has 0 unspecified atom stereocenters. The third-order valence-electron chi connectivity index (χ3n) is 6.86. The Bertz CT molecular complexity index is 1960. The van der Waals surface area contributed by atoms with Crippen molar-refractivity contribution in [3.05, 3.63) is 119 Å². The van der Waals surface area contributed by atoms with Crippen LogP contribution in [0.15, 0.2) is 96.6 Å². The summed E-state index contributed by atoms with van der Waals surface area (Å²) in [5.74, 6) is -0.377. The second-order valence-corrected chi connectivity index (χ2v) is 10.3. The van der Waals surface area contributed by atoms with Gasteiger partial charge in [-0.05, 0) is 53.2 Å². The number of aromatic nitrogens is 3. The lowest BCUT2D eigenvalue weighted by Gasteiger charge is -2.07. The summed E-state index contributed by atoms with van der Waals surface area (Å²) in [6, 6.07) is 25.1. The summed E-state index contributed by atoms with van der Waals surface area (Å²) in [5.41, 5.74) is 1.70. The molecule has 1 aliphatic rings. The van der Waals surface area contributed by atoms with Crippen LogP contribution in [-0.4, -0.2) is 26.1 Å². The maximum atomic E-state index is 13.4. The number of imidazole rings is 1. The van der Waals surface area contributed by atoms with Gasteiger partial charge in [-0.1, -0.05) is 65.9 Å². The Balaban J connectivity index is 1.35. The molecular weight excluding hydrogens is 535 g/mol. The van der Waals surface area contributed by atoms with Gasteiger partial charge in [0.1, 0.15) is 10.8 Å². The number of halogens is 3. The molecule has 0 saturated heterocycles. The average Bonchev–Trinajstić information content (AvgIpc) is 3.58. The van der Waals surface area contributed by atoms with Gasteiger partial charge >= 0.3 is 6.18 Å². The van der Waals surface area contributed by atoms with Crippen molar-refractivity contribution in [2.24, 2.45) is 0 Å². The Labute approximate surface area is 228 Å². The van der Waals surface area contributed by atoms with E-state index in [9.17, 15) is 22.8 Å². The van der Waals surface area contributed by atoms with Crippen LogP contribution >= 0.6 is 11.3 Å². The van der Waals surface area contributed by atoms with Crippen LogP contribution in [0.3, 0.4) is 0 Å². The zero-order valence-electron chi connectivity index (χ0n) is 20.4. The molecule has 40 heavy (non-hydrogen) atoms. The molecule has 7 rings (SSSR count). The molecule has 0 amide bonds. The zero-order chi connectivity index (χ0) is 27.6. The number of Topliss-reactive ketones (excluding diaryl/α,β-unsaturated/α-hetero) is 2. The second-order valence-electron chi connectivity index (χ2n) is 9.33. The van der Waals surface area contributed by atoms with Crippen LogP contribution in [0.1, 0.15) is 32.1 Å². The molecule has 0 aliphatic heterocycles. The van der Waals surface area contributed by atoms with Crippen molar-refractivity contribution in [1.82, 2.24) is 14.5 Å². The summed E-state index contributed by atoms with van der Waals surface area (Å²) in [6.07, 6.45) is -2.93. The van der Waals surface area contributed by atoms with E-state index in [1.807, 2.05) is 54.6 Å². The first-order valence-corrected chi connectivity index (χ1v) is 13.1. The number of thiazole rings is 1. The molecular formula is C31H16F3N3O2S. The number of carbonyl (C=O) groups is 2. The highest BCUT2D eigenvalue weighted by atomic mass is 32.1. The van der Waals surface area contributed by atoms with Gasteiger partial charge in [-0.2, -0.15) is 13.2 Å². The number of rotatable bonds is 3. The predicted molar refractivity (Wildman–Crippen MR) is 148 cm³/mol. The van der Waals surface area contributed by atoms with E-state index in [0.29, 0.717) is 43.7 Å². The number of alkyl halides is 3. The third-order valence-corrected chi connectivity index (χ3v) is 7.85. The van der Waals surface area contributed by atoms with Crippen LogP contribution in [0.5, 0.6) is 0 Å². The van der Waals surface area contributed by atoms with Crippen LogP contribution < -0.4 is 0 Å². The summed E-state index contributed by atoms with van der Waals surface area (Å²) in [7, 11) is 0. The molecule has 2 heterocycles. The highest BCUT2D eigenvalue weighted by Gasteiger charge is 2.34. The van der Waals surface area contributed by atoms with Gasteiger partial charge in [0.15, 0.2) is 22.0 Å². The van der Waals surface area contributed by atoms with Crippen molar-refractivity contribution in [3.8, 4) is 16.3 Å². The van der Waals surface area contributed by atoms with Gasteiger partial charge in [-0.3, -0.25) is 14.2 Å². The minimum Gasteiger partial charge on any atom is -0.288 e. The highest BCUT2D eigenvalue weighted by molar-refractivity contribution is 7.21. The Morgan fingerprint density at radius 2 is 1.35 bits per heavy atom. The van der Waals surface area contributed by atoms with E-state index in [4.69, 9.17) is 9.97 Å². The third kappa shape index (κ3) is 3.85. The number of fused-ring (bicyclic) bond motifs is 3. The molecule has 4 aromatic carbocycles. The molecule has 0 saturated carbocycles. The van der Waals surface area contributed by atoms with Crippen molar-refractivity contribution in [2.75, 3.05) is 0 Å². The summed E-state index contributed by atoms with van der Waals surface area (Å²) in [4.78, 5) is 36.7. The predicted octanol–water partition coefficient (Wildman–Crippen LogP) is 7.78. The van der Waals surface area contributed by atoms with Crippen molar-refractivity contribution < 1.29 is 22.8 Å². The maximum absolute atomic E-state index is 13.4. The Hall–Kier alpha value is -4.89. The van der Waals surface area contributed by atoms with Crippen molar-refractivity contribution >= 4 is 50.2 Å². The Kier molecular flexibility index (Phi) is 5.33. The number of ketones is 2. The van der Waals surface area contributed by atoms with E-state index in [-0.39, 0.29) is 17.1 Å². The number of hydrogen-bond acceptors (Lipinski definition) is 5. The number of para-hydroxylation sites is 1. The molecule has 1 aliphatic carbocycles. The fourth-order valence-corrected chi connectivity index (χ4v) is 5.84. The molecule has 5 nitrogen and oxygen atoms in total. The molecule has 9 heteroatoms. The van der Waals surface area contributed by atoms with Gasteiger partial charge in [-0.15, -0.1) is 0 Å². The largest absolute Gasteiger partial charge is 0.416 e. The number of hydrogen-bond donors (Lipinski definition) is 0. The second kappa shape index (κ2) is 8.82. The van der Waals surface area contributed by atoms with Gasteiger partial charge < -0.3 is 0 Å². The monoisotopic (exact) mass is 551 g/mol. The van der Waals surface area contributed by atoms with Gasteiger partial charge in [0.2, 0.25) is 0 Å². The van der Waals surface area contributed by atoms with E-state index >= 15 is 0 Å². The van der Waals surface area contributed by atoms with E-state index in [1.54, 1.807) is 16.7 Å². The molecule has 194 valence electrons. The van der Waals surface area contributed by atoms with Crippen LogP contribution in [0.25, 0.3) is 43.6 Å². The first kappa shape index (κ1) is 24.2. The summed E-state index contributed by atoms with van der Waals surface area (Å²) >= 11 is 1.22. The topological polar surface area (TPSA) is 64.8 Å². The number of carbonyl (C=O) groups excluding carboxylic acids is 2. The van der Waals surface area contributed by atoms with Gasteiger partial charge in [-0.25, -0.2) is 9.97 Å². The molecule has 6 aromatic rings. The van der Waals surface area contributed by atoms with E-state index in [2.05, 4.69) is 0 Å². The Morgan fingerprint density at radius 3 is 1.95 bits per heavy atom. The number of allylic oxidation sites excluding steroid dienone is 1. The van der Waals surface area contributed by atoms with Crippen LogP contribution in [-0.2, 0) is 6.18 Å². The van der Waals surface area contributed by atoms with E-state index < -0.39 is 11.7 Å². The summed E-state index contributed by atoms with van der Waals surface area (Å²) < 4.78 is 40.8. The van der Waals surface area contributed by atoms with Crippen LogP contribution in [0.4, 0.5) is 13.2 Å². The first-order valence-electron chi connectivity index (χ1n) is 12.2. The quantitative estimate of drug-likeness (QED) is 0.166. The Morgan fingerprint density at radius 1 is 0.750 bits per heavy atom. The SMILES string of the molecule is O=C1C(=Cc2nc3sc(-c4ccc(C(F)(F)F)cc4)nc3n2-c2ccccc2)C(=O)c2cc3ccccc3cc21. The fourth-order valence-electron chi connectivity index (χ4n) is 4.91. The van der Waals surface area contributed by atoms with Gasteiger partial charge in [0.05, 0.1) is 11.1 Å². The minimum absolute atomic E-state index is 0.0168. The fraction of sp³-hybridized carbons (Fsp3) is 0.0323. The number of nitrogens with zero attached hydrogens (tertiary/aromatic N) is 3. The minimum atomic E-state index is -4.43. The molecule has 0 fully saturated rings. The lowest BCUT2D eigenvalue weighted by atomic mass is 10.0. The number of benzene rings is 4. The van der Waals surface area contributed by atoms with Crippen molar-refractivity contribution in [3.63, 3.8) is 0 Å².